The van der Waals surface area contributed by atoms with E-state index in [1.54, 1.807) is 6.07 Å². The number of benzene rings is 3. The Morgan fingerprint density at radius 2 is 1.78 bits per heavy atom. The van der Waals surface area contributed by atoms with Crippen LogP contribution in [0.5, 0.6) is 0 Å². The van der Waals surface area contributed by atoms with Gasteiger partial charge in [0.25, 0.3) is 5.91 Å². The Morgan fingerprint density at radius 3 is 2.44 bits per heavy atom. The molecule has 0 bridgehead atoms. The fourth-order valence-corrected chi connectivity index (χ4v) is 8.83. The summed E-state index contributed by atoms with van der Waals surface area (Å²) in [7, 11) is 0. The summed E-state index contributed by atoms with van der Waals surface area (Å²) in [5, 5.41) is 16.3. The number of carbonyl (C=O) groups excluding carboxylic acids is 3. The zero-order chi connectivity index (χ0) is 37.5. The van der Waals surface area contributed by atoms with E-state index < -0.39 is 17.8 Å². The van der Waals surface area contributed by atoms with Gasteiger partial charge in [-0.25, -0.2) is 4.39 Å². The quantitative estimate of drug-likeness (QED) is 0.217. The molecule has 1 atom stereocenters. The number of aromatic nitrogens is 1. The number of rotatable bonds is 9. The molecule has 4 aliphatic heterocycles. The molecule has 1 aromatic heterocycles. The van der Waals surface area contributed by atoms with Gasteiger partial charge in [-0.15, -0.1) is 0 Å². The van der Waals surface area contributed by atoms with Gasteiger partial charge in [-0.05, 0) is 92.6 Å². The summed E-state index contributed by atoms with van der Waals surface area (Å²) in [4.78, 5) is 45.6. The first-order chi connectivity index (χ1) is 26.0. The Bertz CT molecular complexity index is 2230. The molecule has 1 N–H and O–H groups in total. The molecule has 1 aliphatic carbocycles. The molecule has 1 saturated carbocycles. The molecule has 5 heterocycles. The molecular formula is C42H42FN7O4. The molecule has 3 aromatic carbocycles. The Morgan fingerprint density at radius 1 is 1.02 bits per heavy atom. The Balaban J connectivity index is 0.883. The summed E-state index contributed by atoms with van der Waals surface area (Å²) in [6.45, 7) is 10.3. The van der Waals surface area contributed by atoms with E-state index in [0.29, 0.717) is 36.3 Å². The number of piperidine rings is 1. The van der Waals surface area contributed by atoms with Gasteiger partial charge in [-0.3, -0.25) is 24.6 Å². The summed E-state index contributed by atoms with van der Waals surface area (Å²) in [6.07, 6.45) is 2.26. The van der Waals surface area contributed by atoms with Gasteiger partial charge in [0.15, 0.2) is 0 Å². The average Bonchev–Trinajstić information content (AvgIpc) is 3.77. The summed E-state index contributed by atoms with van der Waals surface area (Å²) in [5.74, 6) is -0.426. The molecule has 9 rings (SSSR count). The lowest BCUT2D eigenvalue weighted by Gasteiger charge is -2.53. The van der Waals surface area contributed by atoms with Gasteiger partial charge < -0.3 is 19.2 Å². The standard InChI is InChI=1S/C42H42FN7O4/c1-24-4-5-28(39-25(2)46-54-26(39)3)14-36(24)49(31-8-6-30(7-9-31)42(23-44)12-13-42)19-27-17-47(18-27)32-21-48(22-32)37-15-29-20-50(41(53)33(29)16-34(37)43)35-10-11-38(51)45-40(35)52/h4-9,14-16,27,32,35H,10-13,17-22H2,1-3H3,(H,45,51,52). The van der Waals surface area contributed by atoms with Gasteiger partial charge in [0.1, 0.15) is 17.6 Å². The van der Waals surface area contributed by atoms with Crippen LogP contribution >= 0.6 is 0 Å². The van der Waals surface area contributed by atoms with Crippen molar-refractivity contribution in [2.45, 2.75) is 70.5 Å². The molecule has 5 aliphatic rings. The maximum absolute atomic E-state index is 15.5. The van der Waals surface area contributed by atoms with Crippen LogP contribution in [0.15, 0.2) is 59.1 Å². The molecule has 0 spiro atoms. The van der Waals surface area contributed by atoms with E-state index in [-0.39, 0.29) is 42.2 Å². The number of halogens is 1. The zero-order valence-electron chi connectivity index (χ0n) is 30.7. The number of fused-ring (bicyclic) bond motifs is 1. The molecule has 1 unspecified atom stereocenters. The molecule has 12 heteroatoms. The van der Waals surface area contributed by atoms with E-state index >= 15 is 4.39 Å². The third-order valence-corrected chi connectivity index (χ3v) is 12.3. The molecule has 54 heavy (non-hydrogen) atoms. The van der Waals surface area contributed by atoms with Crippen molar-refractivity contribution in [3.05, 3.63) is 94.1 Å². The third-order valence-electron chi connectivity index (χ3n) is 12.3. The van der Waals surface area contributed by atoms with Crippen LogP contribution in [0, 0.1) is 43.8 Å². The molecule has 4 fully saturated rings. The molecular weight excluding hydrogens is 686 g/mol. The van der Waals surface area contributed by atoms with Crippen LogP contribution in [0.25, 0.3) is 11.1 Å². The fourth-order valence-electron chi connectivity index (χ4n) is 8.83. The molecule has 3 saturated heterocycles. The summed E-state index contributed by atoms with van der Waals surface area (Å²) in [6, 6.07) is 20.2. The second-order valence-electron chi connectivity index (χ2n) is 15.8. The topological polar surface area (TPSA) is 126 Å². The first-order valence-electron chi connectivity index (χ1n) is 18.8. The minimum Gasteiger partial charge on any atom is -0.366 e. The number of carbonyl (C=O) groups is 3. The minimum absolute atomic E-state index is 0.175. The number of anilines is 3. The van der Waals surface area contributed by atoms with E-state index in [4.69, 9.17) is 4.52 Å². The van der Waals surface area contributed by atoms with Crippen LogP contribution in [0.1, 0.15) is 64.2 Å². The van der Waals surface area contributed by atoms with Crippen molar-refractivity contribution in [3.8, 4) is 17.2 Å². The largest absolute Gasteiger partial charge is 0.366 e. The van der Waals surface area contributed by atoms with Crippen LogP contribution < -0.4 is 15.1 Å². The Hall–Kier alpha value is -5.54. The third kappa shape index (κ3) is 5.73. The zero-order valence-corrected chi connectivity index (χ0v) is 30.7. The van der Waals surface area contributed by atoms with Crippen molar-refractivity contribution in [2.75, 3.05) is 42.5 Å². The maximum Gasteiger partial charge on any atom is 0.255 e. The van der Waals surface area contributed by atoms with Crippen molar-refractivity contribution >= 4 is 34.8 Å². The van der Waals surface area contributed by atoms with E-state index in [9.17, 15) is 19.6 Å². The molecule has 276 valence electrons. The van der Waals surface area contributed by atoms with Gasteiger partial charge in [-0.1, -0.05) is 29.4 Å². The Labute approximate surface area is 313 Å². The lowest BCUT2D eigenvalue weighted by atomic mass is 9.92. The highest BCUT2D eigenvalue weighted by molar-refractivity contribution is 6.05. The number of aryl methyl sites for hydroxylation is 3. The molecule has 11 nitrogen and oxygen atoms in total. The predicted octanol–water partition coefficient (Wildman–Crippen LogP) is 5.68. The van der Waals surface area contributed by atoms with E-state index in [1.165, 1.54) is 11.0 Å². The number of nitriles is 1. The summed E-state index contributed by atoms with van der Waals surface area (Å²) >= 11 is 0. The number of imide groups is 1. The molecule has 0 radical (unpaired) electrons. The van der Waals surface area contributed by atoms with E-state index in [1.807, 2.05) is 18.7 Å². The predicted molar refractivity (Wildman–Crippen MR) is 200 cm³/mol. The average molecular weight is 728 g/mol. The van der Waals surface area contributed by atoms with Gasteiger partial charge >= 0.3 is 0 Å². The SMILES string of the molecule is Cc1ccc(-c2c(C)noc2C)cc1N(CC1CN(C2CN(c3cc4c(cc3F)C(=O)N(C3CCC(=O)NC3=O)C4)C2)C1)c1ccc(C2(C#N)CC2)cc1. The van der Waals surface area contributed by atoms with Crippen LogP contribution in [-0.2, 0) is 21.5 Å². The van der Waals surface area contributed by atoms with Gasteiger partial charge in [-0.2, -0.15) is 5.26 Å². The highest BCUT2D eigenvalue weighted by atomic mass is 19.1. The first kappa shape index (κ1) is 34.2. The maximum atomic E-state index is 15.5. The monoisotopic (exact) mass is 727 g/mol. The van der Waals surface area contributed by atoms with Crippen molar-refractivity contribution in [1.29, 1.82) is 5.26 Å². The second kappa shape index (κ2) is 12.8. The lowest BCUT2D eigenvalue weighted by molar-refractivity contribution is -0.136. The molecule has 3 amide bonds. The van der Waals surface area contributed by atoms with Gasteiger partial charge in [0, 0.05) is 80.2 Å². The number of likely N-dealkylation sites (tertiary alicyclic amines) is 1. The smallest absolute Gasteiger partial charge is 0.255 e. The van der Waals surface area contributed by atoms with Gasteiger partial charge in [0.2, 0.25) is 11.8 Å². The Kier molecular flexibility index (Phi) is 8.12. The molecule has 4 aromatic rings. The lowest BCUT2D eigenvalue weighted by Crippen LogP contribution is -2.66. The number of nitrogens with zero attached hydrogens (tertiary/aromatic N) is 6. The van der Waals surface area contributed by atoms with E-state index in [2.05, 4.69) is 75.7 Å². The highest BCUT2D eigenvalue weighted by Crippen LogP contribution is 2.48. The van der Waals surface area contributed by atoms with Crippen molar-refractivity contribution < 1.29 is 23.3 Å². The second-order valence-corrected chi connectivity index (χ2v) is 15.8. The minimum atomic E-state index is -0.731. The first-order valence-corrected chi connectivity index (χ1v) is 18.8. The fraction of sp³-hybridized carbons (Fsp3) is 0.405. The van der Waals surface area contributed by atoms with Crippen LogP contribution in [-0.4, -0.2) is 77.5 Å². The van der Waals surface area contributed by atoms with Gasteiger partial charge in [0.05, 0.1) is 22.9 Å². The van der Waals surface area contributed by atoms with Crippen molar-refractivity contribution in [2.24, 2.45) is 5.92 Å². The summed E-state index contributed by atoms with van der Waals surface area (Å²) in [5.41, 5.74) is 8.51. The van der Waals surface area contributed by atoms with E-state index in [0.717, 1.165) is 77.6 Å². The van der Waals surface area contributed by atoms with Crippen molar-refractivity contribution in [3.63, 3.8) is 0 Å². The number of nitrogens with one attached hydrogen (secondary N) is 1. The number of hydrogen-bond donors (Lipinski definition) is 1. The number of amides is 3. The highest BCUT2D eigenvalue weighted by Gasteiger charge is 2.45. The van der Waals surface area contributed by atoms with Crippen LogP contribution in [0.3, 0.4) is 0 Å². The van der Waals surface area contributed by atoms with Crippen LogP contribution in [0.2, 0.25) is 0 Å². The summed E-state index contributed by atoms with van der Waals surface area (Å²) < 4.78 is 21.0. The normalized spacial score (nSPS) is 21.0. The number of hydrogen-bond acceptors (Lipinski definition) is 9. The van der Waals surface area contributed by atoms with Crippen LogP contribution in [0.4, 0.5) is 21.5 Å². The van der Waals surface area contributed by atoms with Crippen molar-refractivity contribution in [1.82, 2.24) is 20.3 Å².